The van der Waals surface area contributed by atoms with Gasteiger partial charge in [-0.1, -0.05) is 18.2 Å². The predicted molar refractivity (Wildman–Crippen MR) is 69.1 cm³/mol. The third-order valence-electron chi connectivity index (χ3n) is 2.78. The van der Waals surface area contributed by atoms with E-state index in [4.69, 9.17) is 10.00 Å². The normalized spacial score (nSPS) is 16.9. The molecule has 4 nitrogen and oxygen atoms in total. The van der Waals surface area contributed by atoms with Gasteiger partial charge in [-0.25, -0.2) is 4.79 Å². The Balaban J connectivity index is 2.48. The van der Waals surface area contributed by atoms with Gasteiger partial charge in [-0.15, -0.1) is 0 Å². The average Bonchev–Trinajstić information content (AvgIpc) is 2.37. The Labute approximate surface area is 106 Å². The summed E-state index contributed by atoms with van der Waals surface area (Å²) >= 11 is 0. The van der Waals surface area contributed by atoms with Crippen molar-refractivity contribution in [2.75, 3.05) is 11.5 Å². The number of nitriles is 1. The van der Waals surface area contributed by atoms with Gasteiger partial charge < -0.3 is 4.74 Å². The Bertz CT molecular complexity index is 543. The molecule has 1 aromatic carbocycles. The topological polar surface area (TPSA) is 53.3 Å². The molecule has 0 fully saturated rings. The fourth-order valence-electron chi connectivity index (χ4n) is 1.94. The summed E-state index contributed by atoms with van der Waals surface area (Å²) in [6.07, 6.45) is 3.08. The van der Waals surface area contributed by atoms with Crippen LogP contribution < -0.4 is 4.90 Å². The minimum absolute atomic E-state index is 0.290. The molecule has 1 atom stereocenters. The lowest BCUT2D eigenvalue weighted by molar-refractivity contribution is 0.159. The molecular weight excluding hydrogens is 228 g/mol. The summed E-state index contributed by atoms with van der Waals surface area (Å²) in [4.78, 5) is 13.4. The molecule has 1 aliphatic rings. The van der Waals surface area contributed by atoms with Crippen molar-refractivity contribution >= 4 is 17.9 Å². The molecule has 0 N–H and O–H groups in total. The number of aryl methyl sites for hydroxylation is 1. The summed E-state index contributed by atoms with van der Waals surface area (Å²) in [5, 5.41) is 9.12. The number of fused-ring (bicyclic) bond motifs is 1. The fourth-order valence-corrected chi connectivity index (χ4v) is 1.94. The summed E-state index contributed by atoms with van der Waals surface area (Å²) in [6, 6.07) is 7.27. The molecule has 1 unspecified atom stereocenters. The van der Waals surface area contributed by atoms with Gasteiger partial charge >= 0.3 is 6.09 Å². The van der Waals surface area contributed by atoms with Gasteiger partial charge in [-0.05, 0) is 37.1 Å². The van der Waals surface area contributed by atoms with E-state index in [1.54, 1.807) is 13.0 Å². The van der Waals surface area contributed by atoms with E-state index in [9.17, 15) is 4.79 Å². The SMILES string of the molecule is CCOC(=O)N1c2cc(C)ccc2C=CC1C#N. The highest BCUT2D eigenvalue weighted by Crippen LogP contribution is 2.30. The van der Waals surface area contributed by atoms with Gasteiger partial charge in [0.15, 0.2) is 0 Å². The highest BCUT2D eigenvalue weighted by atomic mass is 16.6. The molecule has 1 aliphatic heterocycles. The monoisotopic (exact) mass is 242 g/mol. The second kappa shape index (κ2) is 4.92. The Morgan fingerprint density at radius 1 is 1.56 bits per heavy atom. The van der Waals surface area contributed by atoms with Crippen LogP contribution in [0.5, 0.6) is 0 Å². The van der Waals surface area contributed by atoms with Crippen molar-refractivity contribution in [1.82, 2.24) is 0 Å². The van der Waals surface area contributed by atoms with Crippen molar-refractivity contribution in [2.24, 2.45) is 0 Å². The second-order valence-electron chi connectivity index (χ2n) is 4.06. The Morgan fingerprint density at radius 3 is 3.00 bits per heavy atom. The minimum Gasteiger partial charge on any atom is -0.449 e. The maximum atomic E-state index is 12.0. The molecule has 4 heteroatoms. The first-order valence-corrected chi connectivity index (χ1v) is 5.82. The van der Waals surface area contributed by atoms with Crippen LogP contribution in [0.3, 0.4) is 0 Å². The summed E-state index contributed by atoms with van der Waals surface area (Å²) in [7, 11) is 0. The number of carbonyl (C=O) groups is 1. The number of amides is 1. The zero-order chi connectivity index (χ0) is 13.1. The lowest BCUT2D eigenvalue weighted by atomic mass is 10.0. The van der Waals surface area contributed by atoms with E-state index >= 15 is 0 Å². The molecule has 1 amide bonds. The van der Waals surface area contributed by atoms with Gasteiger partial charge in [0, 0.05) is 0 Å². The quantitative estimate of drug-likeness (QED) is 0.760. The van der Waals surface area contributed by atoms with E-state index in [1.165, 1.54) is 4.90 Å². The molecular formula is C14H14N2O2. The van der Waals surface area contributed by atoms with Gasteiger partial charge in [-0.2, -0.15) is 5.26 Å². The highest BCUT2D eigenvalue weighted by Gasteiger charge is 2.29. The lowest BCUT2D eigenvalue weighted by Crippen LogP contribution is -2.40. The van der Waals surface area contributed by atoms with Crippen LogP contribution >= 0.6 is 0 Å². The van der Waals surface area contributed by atoms with Crippen LogP contribution in [-0.2, 0) is 4.74 Å². The first-order valence-electron chi connectivity index (χ1n) is 5.82. The van der Waals surface area contributed by atoms with Crippen molar-refractivity contribution in [3.8, 4) is 6.07 Å². The number of ether oxygens (including phenoxy) is 1. The standard InChI is InChI=1S/C14H14N2O2/c1-3-18-14(17)16-12(9-15)7-6-11-5-4-10(2)8-13(11)16/h4-8,12H,3H2,1-2H3. The van der Waals surface area contributed by atoms with Crippen molar-refractivity contribution < 1.29 is 9.53 Å². The van der Waals surface area contributed by atoms with E-state index in [2.05, 4.69) is 6.07 Å². The zero-order valence-electron chi connectivity index (χ0n) is 10.4. The molecule has 0 spiro atoms. The van der Waals surface area contributed by atoms with E-state index < -0.39 is 12.1 Å². The van der Waals surface area contributed by atoms with E-state index in [1.807, 2.05) is 31.2 Å². The molecule has 0 aromatic heterocycles. The number of carbonyl (C=O) groups excluding carboxylic acids is 1. The summed E-state index contributed by atoms with van der Waals surface area (Å²) < 4.78 is 5.01. The molecule has 0 aliphatic carbocycles. The van der Waals surface area contributed by atoms with Crippen LogP contribution in [-0.4, -0.2) is 18.7 Å². The van der Waals surface area contributed by atoms with Crippen molar-refractivity contribution in [2.45, 2.75) is 19.9 Å². The van der Waals surface area contributed by atoms with Crippen molar-refractivity contribution in [3.05, 3.63) is 35.4 Å². The second-order valence-corrected chi connectivity index (χ2v) is 4.06. The van der Waals surface area contributed by atoms with Crippen LogP contribution in [0.4, 0.5) is 10.5 Å². The smallest absolute Gasteiger partial charge is 0.415 e. The molecule has 0 saturated carbocycles. The number of hydrogen-bond acceptors (Lipinski definition) is 3. The van der Waals surface area contributed by atoms with Gasteiger partial charge in [0.25, 0.3) is 0 Å². The molecule has 1 aromatic rings. The molecule has 18 heavy (non-hydrogen) atoms. The van der Waals surface area contributed by atoms with Gasteiger partial charge in [0.05, 0.1) is 18.4 Å². The number of rotatable bonds is 1. The molecule has 0 saturated heterocycles. The van der Waals surface area contributed by atoms with Crippen LogP contribution in [0.2, 0.25) is 0 Å². The predicted octanol–water partition coefficient (Wildman–Crippen LogP) is 2.88. The third kappa shape index (κ3) is 2.07. The number of benzene rings is 1. The van der Waals surface area contributed by atoms with E-state index in [0.717, 1.165) is 16.8 Å². The van der Waals surface area contributed by atoms with Crippen LogP contribution in [0, 0.1) is 18.3 Å². The molecule has 0 radical (unpaired) electrons. The van der Waals surface area contributed by atoms with Gasteiger partial charge in [0.2, 0.25) is 0 Å². The first kappa shape index (κ1) is 12.2. The molecule has 92 valence electrons. The summed E-state index contributed by atoms with van der Waals surface area (Å²) in [5.41, 5.74) is 2.68. The maximum absolute atomic E-state index is 12.0. The molecule has 0 bridgehead atoms. The van der Waals surface area contributed by atoms with Gasteiger partial charge in [0.1, 0.15) is 6.04 Å². The highest BCUT2D eigenvalue weighted by molar-refractivity contribution is 5.94. The van der Waals surface area contributed by atoms with Crippen LogP contribution in [0.25, 0.3) is 6.08 Å². The van der Waals surface area contributed by atoms with Crippen molar-refractivity contribution in [3.63, 3.8) is 0 Å². The number of anilines is 1. The van der Waals surface area contributed by atoms with Gasteiger partial charge in [-0.3, -0.25) is 4.90 Å². The Morgan fingerprint density at radius 2 is 2.33 bits per heavy atom. The third-order valence-corrected chi connectivity index (χ3v) is 2.78. The number of nitrogens with zero attached hydrogens (tertiary/aromatic N) is 2. The minimum atomic E-state index is -0.613. The average molecular weight is 242 g/mol. The van der Waals surface area contributed by atoms with Crippen LogP contribution in [0.15, 0.2) is 24.3 Å². The van der Waals surface area contributed by atoms with E-state index in [-0.39, 0.29) is 0 Å². The summed E-state index contributed by atoms with van der Waals surface area (Å²) in [5.74, 6) is 0. The molecule has 2 rings (SSSR count). The Kier molecular flexibility index (Phi) is 3.33. The summed E-state index contributed by atoms with van der Waals surface area (Å²) in [6.45, 7) is 3.98. The van der Waals surface area contributed by atoms with E-state index in [0.29, 0.717) is 6.61 Å². The van der Waals surface area contributed by atoms with Crippen LogP contribution in [0.1, 0.15) is 18.1 Å². The first-order chi connectivity index (χ1) is 8.67. The Hall–Kier alpha value is -2.28. The van der Waals surface area contributed by atoms with Crippen molar-refractivity contribution in [1.29, 1.82) is 5.26 Å². The molecule has 1 heterocycles. The zero-order valence-corrected chi connectivity index (χ0v) is 10.4. The maximum Gasteiger partial charge on any atom is 0.415 e. The largest absolute Gasteiger partial charge is 0.449 e. The fraction of sp³-hybridized carbons (Fsp3) is 0.286. The number of hydrogen-bond donors (Lipinski definition) is 0. The lowest BCUT2D eigenvalue weighted by Gasteiger charge is -2.29.